The Labute approximate surface area is 144 Å². The molecule has 3 rings (SSSR count). The maximum Gasteiger partial charge on any atom is 0.317 e. The largest absolute Gasteiger partial charge is 0.508 e. The number of carbonyl (C=O) groups is 1. The average molecular weight is 340 g/mol. The van der Waals surface area contributed by atoms with E-state index in [1.54, 1.807) is 12.1 Å². The van der Waals surface area contributed by atoms with Gasteiger partial charge in [-0.2, -0.15) is 0 Å². The number of piperidine rings is 1. The van der Waals surface area contributed by atoms with Crippen LogP contribution in [0.5, 0.6) is 5.75 Å². The zero-order valence-electron chi connectivity index (χ0n) is 13.7. The molecular formula is C18H26ClNO3. The molecule has 23 heavy (non-hydrogen) atoms. The van der Waals surface area contributed by atoms with Gasteiger partial charge in [-0.05, 0) is 62.8 Å². The third-order valence-corrected chi connectivity index (χ3v) is 4.87. The molecule has 0 spiro atoms. The molecule has 1 atom stereocenters. The van der Waals surface area contributed by atoms with Crippen LogP contribution in [0.25, 0.3) is 0 Å². The minimum Gasteiger partial charge on any atom is -0.508 e. The van der Waals surface area contributed by atoms with Gasteiger partial charge < -0.3 is 14.7 Å². The van der Waals surface area contributed by atoms with Gasteiger partial charge in [0.1, 0.15) is 11.2 Å². The van der Waals surface area contributed by atoms with Crippen LogP contribution >= 0.6 is 12.4 Å². The number of hydrogen-bond acceptors (Lipinski definition) is 4. The lowest BCUT2D eigenvalue weighted by atomic mass is 9.74. The predicted octanol–water partition coefficient (Wildman–Crippen LogP) is 3.12. The van der Waals surface area contributed by atoms with Crippen LogP contribution in [0, 0.1) is 5.92 Å². The van der Waals surface area contributed by atoms with E-state index >= 15 is 0 Å². The molecule has 0 bridgehead atoms. The van der Waals surface area contributed by atoms with Crippen LogP contribution in [0.1, 0.15) is 38.2 Å². The van der Waals surface area contributed by atoms with Crippen molar-refractivity contribution in [2.45, 2.75) is 38.0 Å². The van der Waals surface area contributed by atoms with E-state index in [1.807, 2.05) is 19.1 Å². The number of rotatable bonds is 5. The van der Waals surface area contributed by atoms with E-state index in [9.17, 15) is 9.90 Å². The summed E-state index contributed by atoms with van der Waals surface area (Å²) in [5.41, 5.74) is 0.376. The Bertz CT molecular complexity index is 530. The molecule has 0 radical (unpaired) electrons. The molecule has 1 heterocycles. The standard InChI is InChI=1S/C18H25NO3.ClH/c1-2-22-17(21)18(15-6-8-16(20)9-7-15)10-3-11-19(13-18)12-14-4-5-14;/h6-9,14,20H,2-5,10-13H2,1H3;1H. The van der Waals surface area contributed by atoms with Crippen LogP contribution in [-0.2, 0) is 14.9 Å². The molecule has 5 heteroatoms. The fourth-order valence-electron chi connectivity index (χ4n) is 3.54. The summed E-state index contributed by atoms with van der Waals surface area (Å²) in [4.78, 5) is 15.2. The summed E-state index contributed by atoms with van der Waals surface area (Å²) in [6.07, 6.45) is 4.47. The number of phenols is 1. The zero-order chi connectivity index (χ0) is 15.6. The monoisotopic (exact) mass is 339 g/mol. The summed E-state index contributed by atoms with van der Waals surface area (Å²) in [5.74, 6) is 0.924. The fourth-order valence-corrected chi connectivity index (χ4v) is 3.54. The van der Waals surface area contributed by atoms with Crippen molar-refractivity contribution in [3.05, 3.63) is 29.8 Å². The molecule has 0 aromatic heterocycles. The highest BCUT2D eigenvalue weighted by molar-refractivity contribution is 5.85. The van der Waals surface area contributed by atoms with Crippen LogP contribution < -0.4 is 0 Å². The Balaban J connectivity index is 0.00000192. The van der Waals surface area contributed by atoms with E-state index in [1.165, 1.54) is 12.8 Å². The van der Waals surface area contributed by atoms with Crippen LogP contribution in [0.15, 0.2) is 24.3 Å². The van der Waals surface area contributed by atoms with Crippen molar-refractivity contribution in [1.82, 2.24) is 4.90 Å². The number of likely N-dealkylation sites (tertiary alicyclic amines) is 1. The van der Waals surface area contributed by atoms with Crippen LogP contribution in [-0.4, -0.2) is 42.2 Å². The van der Waals surface area contributed by atoms with Crippen molar-refractivity contribution >= 4 is 18.4 Å². The minimum absolute atomic E-state index is 0. The Kier molecular flexibility index (Phi) is 5.93. The number of carbonyl (C=O) groups excluding carboxylic acids is 1. The number of esters is 1. The number of nitrogens with zero attached hydrogens (tertiary/aromatic N) is 1. The van der Waals surface area contributed by atoms with Crippen molar-refractivity contribution in [2.24, 2.45) is 5.92 Å². The first-order valence-corrected chi connectivity index (χ1v) is 8.33. The first-order chi connectivity index (χ1) is 10.6. The van der Waals surface area contributed by atoms with Crippen LogP contribution in [0.2, 0.25) is 0 Å². The van der Waals surface area contributed by atoms with E-state index in [0.717, 1.165) is 44.0 Å². The van der Waals surface area contributed by atoms with Crippen molar-refractivity contribution < 1.29 is 14.6 Å². The summed E-state index contributed by atoms with van der Waals surface area (Å²) in [5, 5.41) is 9.53. The molecule has 1 saturated heterocycles. The van der Waals surface area contributed by atoms with Gasteiger partial charge >= 0.3 is 5.97 Å². The Morgan fingerprint density at radius 1 is 1.35 bits per heavy atom. The first kappa shape index (κ1) is 18.1. The van der Waals surface area contributed by atoms with Gasteiger partial charge in [0.05, 0.1) is 6.61 Å². The highest BCUT2D eigenvalue weighted by Crippen LogP contribution is 2.38. The Hall–Kier alpha value is -1.26. The molecule has 1 aromatic carbocycles. The van der Waals surface area contributed by atoms with E-state index in [-0.39, 0.29) is 24.1 Å². The SMILES string of the molecule is CCOC(=O)C1(c2ccc(O)cc2)CCCN(CC2CC2)C1.Cl. The quantitative estimate of drug-likeness (QED) is 0.837. The minimum atomic E-state index is -0.586. The molecule has 1 N–H and O–H groups in total. The molecule has 4 nitrogen and oxygen atoms in total. The molecule has 1 saturated carbocycles. The zero-order valence-corrected chi connectivity index (χ0v) is 14.5. The third kappa shape index (κ3) is 3.99. The van der Waals surface area contributed by atoms with Crippen LogP contribution in [0.4, 0.5) is 0 Å². The Morgan fingerprint density at radius 2 is 2.04 bits per heavy atom. The molecular weight excluding hydrogens is 314 g/mol. The second-order valence-corrected chi connectivity index (χ2v) is 6.63. The summed E-state index contributed by atoms with van der Waals surface area (Å²) in [7, 11) is 0. The van der Waals surface area contributed by atoms with Crippen molar-refractivity contribution in [3.63, 3.8) is 0 Å². The van der Waals surface area contributed by atoms with Crippen molar-refractivity contribution in [3.8, 4) is 5.75 Å². The number of aromatic hydroxyl groups is 1. The number of ether oxygens (including phenoxy) is 1. The molecule has 128 valence electrons. The van der Waals surface area contributed by atoms with Gasteiger partial charge in [0, 0.05) is 13.1 Å². The summed E-state index contributed by atoms with van der Waals surface area (Å²) >= 11 is 0. The lowest BCUT2D eigenvalue weighted by Gasteiger charge is -2.41. The summed E-state index contributed by atoms with van der Waals surface area (Å²) in [6, 6.07) is 7.06. The van der Waals surface area contributed by atoms with Gasteiger partial charge in [0.2, 0.25) is 0 Å². The van der Waals surface area contributed by atoms with Gasteiger partial charge in [-0.3, -0.25) is 4.79 Å². The molecule has 1 aliphatic heterocycles. The van der Waals surface area contributed by atoms with E-state index in [0.29, 0.717) is 6.61 Å². The molecule has 1 unspecified atom stereocenters. The number of benzene rings is 1. The molecule has 1 aliphatic carbocycles. The average Bonchev–Trinajstić information content (AvgIpc) is 3.32. The molecule has 2 fully saturated rings. The normalized spacial score (nSPS) is 24.7. The van der Waals surface area contributed by atoms with E-state index in [4.69, 9.17) is 4.74 Å². The second-order valence-electron chi connectivity index (χ2n) is 6.63. The third-order valence-electron chi connectivity index (χ3n) is 4.87. The topological polar surface area (TPSA) is 49.8 Å². The molecule has 2 aliphatic rings. The maximum absolute atomic E-state index is 12.7. The van der Waals surface area contributed by atoms with Gasteiger partial charge in [-0.25, -0.2) is 0 Å². The van der Waals surface area contributed by atoms with Gasteiger partial charge in [0.15, 0.2) is 0 Å². The second kappa shape index (κ2) is 7.54. The smallest absolute Gasteiger partial charge is 0.317 e. The van der Waals surface area contributed by atoms with Crippen molar-refractivity contribution in [1.29, 1.82) is 0 Å². The van der Waals surface area contributed by atoms with Gasteiger partial charge in [-0.15, -0.1) is 12.4 Å². The molecule has 0 amide bonds. The number of phenolic OH excluding ortho intramolecular Hbond substituents is 1. The van der Waals surface area contributed by atoms with E-state index < -0.39 is 5.41 Å². The van der Waals surface area contributed by atoms with E-state index in [2.05, 4.69) is 4.90 Å². The fraction of sp³-hybridized carbons (Fsp3) is 0.611. The predicted molar refractivity (Wildman–Crippen MR) is 92.1 cm³/mol. The van der Waals surface area contributed by atoms with Gasteiger partial charge in [-0.1, -0.05) is 12.1 Å². The summed E-state index contributed by atoms with van der Waals surface area (Å²) < 4.78 is 5.41. The highest BCUT2D eigenvalue weighted by atomic mass is 35.5. The highest BCUT2D eigenvalue weighted by Gasteiger charge is 2.45. The number of halogens is 1. The first-order valence-electron chi connectivity index (χ1n) is 8.33. The number of hydrogen-bond donors (Lipinski definition) is 1. The van der Waals surface area contributed by atoms with Gasteiger partial charge in [0.25, 0.3) is 0 Å². The lowest BCUT2D eigenvalue weighted by Crippen LogP contribution is -2.52. The maximum atomic E-state index is 12.7. The van der Waals surface area contributed by atoms with Crippen molar-refractivity contribution in [2.75, 3.05) is 26.2 Å². The van der Waals surface area contributed by atoms with Crippen LogP contribution in [0.3, 0.4) is 0 Å². The Morgan fingerprint density at radius 3 is 2.65 bits per heavy atom. The molecule has 1 aromatic rings. The summed E-state index contributed by atoms with van der Waals surface area (Å²) in [6.45, 7) is 5.15. The lowest BCUT2D eigenvalue weighted by molar-refractivity contribution is -0.152.